The summed E-state index contributed by atoms with van der Waals surface area (Å²) in [6.07, 6.45) is 3.02. The number of ether oxygens (including phenoxy) is 1. The molecule has 0 aliphatic heterocycles. The number of aryl methyl sites for hydroxylation is 2. The fraction of sp³-hybridized carbons (Fsp3) is 0.789. The molecule has 1 heterocycles. The van der Waals surface area contributed by atoms with Gasteiger partial charge in [0.1, 0.15) is 0 Å². The second-order valence-corrected chi connectivity index (χ2v) is 6.62. The van der Waals surface area contributed by atoms with Crippen molar-refractivity contribution in [3.05, 3.63) is 17.0 Å². The van der Waals surface area contributed by atoms with Crippen LogP contribution in [0.1, 0.15) is 58.0 Å². The van der Waals surface area contributed by atoms with E-state index in [9.17, 15) is 0 Å². The first-order valence-electron chi connectivity index (χ1n) is 9.66. The predicted molar refractivity (Wildman–Crippen MR) is 105 cm³/mol. The second kappa shape index (κ2) is 11.9. The molecule has 0 saturated carbocycles. The van der Waals surface area contributed by atoms with Crippen molar-refractivity contribution in [2.45, 2.75) is 60.4 Å². The zero-order chi connectivity index (χ0) is 18.7. The van der Waals surface area contributed by atoms with Gasteiger partial charge >= 0.3 is 0 Å². The topological polar surface area (TPSA) is 63.5 Å². The summed E-state index contributed by atoms with van der Waals surface area (Å²) in [5.41, 5.74) is 3.68. The summed E-state index contributed by atoms with van der Waals surface area (Å²) >= 11 is 0. The second-order valence-electron chi connectivity index (χ2n) is 6.62. The van der Waals surface area contributed by atoms with E-state index in [4.69, 9.17) is 9.73 Å². The van der Waals surface area contributed by atoms with Gasteiger partial charge in [-0.3, -0.25) is 4.68 Å². The normalized spacial score (nSPS) is 12.0. The molecule has 0 aliphatic rings. The fourth-order valence-corrected chi connectivity index (χ4v) is 2.74. The first kappa shape index (κ1) is 21.5. The Morgan fingerprint density at radius 3 is 2.52 bits per heavy atom. The van der Waals surface area contributed by atoms with E-state index in [1.165, 1.54) is 11.3 Å². The van der Waals surface area contributed by atoms with Crippen LogP contribution in [-0.2, 0) is 31.2 Å². The SMILES string of the molecule is CCNC(=NCc1c(CC)nn(C)c1CC)NCCOCCC(C)C. The molecule has 0 bridgehead atoms. The maximum atomic E-state index is 5.65. The highest BCUT2D eigenvalue weighted by Gasteiger charge is 2.13. The number of hydrogen-bond acceptors (Lipinski definition) is 3. The van der Waals surface area contributed by atoms with E-state index in [0.717, 1.165) is 50.6 Å². The van der Waals surface area contributed by atoms with Crippen LogP contribution in [0.4, 0.5) is 0 Å². The van der Waals surface area contributed by atoms with Crippen LogP contribution in [0.2, 0.25) is 0 Å². The molecule has 0 atom stereocenters. The summed E-state index contributed by atoms with van der Waals surface area (Å²) in [5, 5.41) is 11.3. The largest absolute Gasteiger partial charge is 0.380 e. The Bertz CT molecular complexity index is 522. The van der Waals surface area contributed by atoms with Gasteiger partial charge in [0, 0.05) is 38.0 Å². The summed E-state index contributed by atoms with van der Waals surface area (Å²) in [6.45, 7) is 14.6. The lowest BCUT2D eigenvalue weighted by Crippen LogP contribution is -2.39. The molecule has 2 N–H and O–H groups in total. The Hall–Kier alpha value is -1.56. The highest BCUT2D eigenvalue weighted by Crippen LogP contribution is 2.16. The van der Waals surface area contributed by atoms with E-state index in [1.54, 1.807) is 0 Å². The standard InChI is InChI=1S/C19H37N5O/c1-7-17-16(18(8-2)24(6)23-17)14-22-19(20-9-3)21-11-13-25-12-10-15(4)5/h15H,7-14H2,1-6H3,(H2,20,21,22). The van der Waals surface area contributed by atoms with Gasteiger partial charge in [0.2, 0.25) is 0 Å². The van der Waals surface area contributed by atoms with Gasteiger partial charge in [-0.05, 0) is 32.1 Å². The van der Waals surface area contributed by atoms with Crippen molar-refractivity contribution >= 4 is 5.96 Å². The first-order valence-corrected chi connectivity index (χ1v) is 9.66. The Kier molecular flexibility index (Phi) is 10.2. The number of nitrogens with one attached hydrogen (secondary N) is 2. The van der Waals surface area contributed by atoms with Crippen molar-refractivity contribution in [2.75, 3.05) is 26.3 Å². The Labute approximate surface area is 153 Å². The molecule has 1 aromatic rings. The van der Waals surface area contributed by atoms with Crippen LogP contribution in [0.25, 0.3) is 0 Å². The van der Waals surface area contributed by atoms with Crippen LogP contribution in [-0.4, -0.2) is 42.0 Å². The quantitative estimate of drug-likeness (QED) is 0.365. The molecule has 1 rings (SSSR count). The Morgan fingerprint density at radius 1 is 1.16 bits per heavy atom. The van der Waals surface area contributed by atoms with E-state index in [0.29, 0.717) is 19.1 Å². The fourth-order valence-electron chi connectivity index (χ4n) is 2.74. The number of aromatic nitrogens is 2. The summed E-state index contributed by atoms with van der Waals surface area (Å²) < 4.78 is 7.65. The van der Waals surface area contributed by atoms with Gasteiger partial charge < -0.3 is 15.4 Å². The first-order chi connectivity index (χ1) is 12.0. The molecule has 6 nitrogen and oxygen atoms in total. The van der Waals surface area contributed by atoms with Crippen LogP contribution in [0.3, 0.4) is 0 Å². The van der Waals surface area contributed by atoms with Gasteiger partial charge in [0.05, 0.1) is 18.8 Å². The average Bonchev–Trinajstić information content (AvgIpc) is 2.90. The third-order valence-electron chi connectivity index (χ3n) is 4.15. The summed E-state index contributed by atoms with van der Waals surface area (Å²) in [5.74, 6) is 1.52. The molecular formula is C19H37N5O. The van der Waals surface area contributed by atoms with E-state index in [-0.39, 0.29) is 0 Å². The lowest BCUT2D eigenvalue weighted by atomic mass is 10.1. The molecule has 0 fully saturated rings. The van der Waals surface area contributed by atoms with Crippen LogP contribution >= 0.6 is 0 Å². The van der Waals surface area contributed by atoms with Gasteiger partial charge in [0.25, 0.3) is 0 Å². The van der Waals surface area contributed by atoms with Gasteiger partial charge in [-0.2, -0.15) is 5.10 Å². The van der Waals surface area contributed by atoms with Crippen LogP contribution in [0.5, 0.6) is 0 Å². The van der Waals surface area contributed by atoms with E-state index < -0.39 is 0 Å². The van der Waals surface area contributed by atoms with Gasteiger partial charge in [-0.15, -0.1) is 0 Å². The minimum absolute atomic E-state index is 0.656. The highest BCUT2D eigenvalue weighted by molar-refractivity contribution is 5.79. The monoisotopic (exact) mass is 351 g/mol. The van der Waals surface area contributed by atoms with Crippen molar-refractivity contribution < 1.29 is 4.74 Å². The van der Waals surface area contributed by atoms with Crippen LogP contribution in [0.15, 0.2) is 4.99 Å². The number of rotatable bonds is 11. The number of nitrogens with zero attached hydrogens (tertiary/aromatic N) is 3. The molecule has 25 heavy (non-hydrogen) atoms. The summed E-state index contributed by atoms with van der Waals surface area (Å²) in [7, 11) is 2.02. The average molecular weight is 352 g/mol. The Morgan fingerprint density at radius 2 is 1.92 bits per heavy atom. The number of hydrogen-bond donors (Lipinski definition) is 2. The van der Waals surface area contributed by atoms with E-state index in [1.807, 2.05) is 11.7 Å². The molecule has 144 valence electrons. The minimum atomic E-state index is 0.656. The molecule has 0 radical (unpaired) electrons. The number of guanidine groups is 1. The van der Waals surface area contributed by atoms with Crippen LogP contribution in [0, 0.1) is 5.92 Å². The third-order valence-corrected chi connectivity index (χ3v) is 4.15. The van der Waals surface area contributed by atoms with Gasteiger partial charge in [0.15, 0.2) is 5.96 Å². The lowest BCUT2D eigenvalue weighted by molar-refractivity contribution is 0.128. The van der Waals surface area contributed by atoms with Gasteiger partial charge in [-0.1, -0.05) is 27.7 Å². The van der Waals surface area contributed by atoms with Crippen molar-refractivity contribution in [2.24, 2.45) is 18.0 Å². The van der Waals surface area contributed by atoms with Crippen LogP contribution < -0.4 is 10.6 Å². The smallest absolute Gasteiger partial charge is 0.191 e. The Balaban J connectivity index is 2.58. The summed E-state index contributed by atoms with van der Waals surface area (Å²) in [6, 6.07) is 0. The third kappa shape index (κ3) is 7.46. The zero-order valence-corrected chi connectivity index (χ0v) is 17.0. The minimum Gasteiger partial charge on any atom is -0.380 e. The van der Waals surface area contributed by atoms with Crippen molar-refractivity contribution in [1.29, 1.82) is 0 Å². The molecule has 0 amide bonds. The van der Waals surface area contributed by atoms with Crippen molar-refractivity contribution in [1.82, 2.24) is 20.4 Å². The number of aliphatic imine (C=N–C) groups is 1. The summed E-state index contributed by atoms with van der Waals surface area (Å²) in [4.78, 5) is 4.75. The van der Waals surface area contributed by atoms with E-state index in [2.05, 4.69) is 50.4 Å². The molecule has 0 spiro atoms. The highest BCUT2D eigenvalue weighted by atomic mass is 16.5. The molecule has 0 aromatic carbocycles. The van der Waals surface area contributed by atoms with Crippen molar-refractivity contribution in [3.8, 4) is 0 Å². The molecule has 0 saturated heterocycles. The predicted octanol–water partition coefficient (Wildman–Crippen LogP) is 2.66. The van der Waals surface area contributed by atoms with E-state index >= 15 is 0 Å². The molecule has 6 heteroatoms. The van der Waals surface area contributed by atoms with Gasteiger partial charge in [-0.25, -0.2) is 4.99 Å². The lowest BCUT2D eigenvalue weighted by Gasteiger charge is -2.12. The maximum Gasteiger partial charge on any atom is 0.191 e. The molecular weight excluding hydrogens is 314 g/mol. The molecule has 0 aliphatic carbocycles. The maximum absolute atomic E-state index is 5.65. The zero-order valence-electron chi connectivity index (χ0n) is 17.0. The molecule has 0 unspecified atom stereocenters. The molecule has 1 aromatic heterocycles. The van der Waals surface area contributed by atoms with Crippen molar-refractivity contribution in [3.63, 3.8) is 0 Å².